The van der Waals surface area contributed by atoms with Gasteiger partial charge in [0.15, 0.2) is 11.6 Å². The number of imide groups is 1. The number of likely N-dealkylation sites (tertiary alicyclic amines) is 2. The zero-order chi connectivity index (χ0) is 46.2. The predicted octanol–water partition coefficient (Wildman–Crippen LogP) is 5.02. The van der Waals surface area contributed by atoms with Crippen LogP contribution in [0.25, 0.3) is 10.9 Å². The lowest BCUT2D eigenvalue weighted by atomic mass is 9.87. The number of amides is 3. The average molecular weight is 936 g/mol. The van der Waals surface area contributed by atoms with E-state index in [1.165, 1.54) is 36.1 Å². The molecule has 4 fully saturated rings. The molecule has 2 atom stereocenters. The molecule has 21 heteroatoms. The first-order valence-corrected chi connectivity index (χ1v) is 23.3. The molecule has 4 saturated heterocycles. The number of hydrogen-bond donors (Lipinski definition) is 3. The minimum absolute atomic E-state index is 0.000201. The number of rotatable bonds is 12. The van der Waals surface area contributed by atoms with E-state index in [2.05, 4.69) is 25.2 Å². The standard InChI is InChI=1S/C44H48ClF2N9O8S/c1-3-53(2)65(61,62)52-33-7-6-31(46)41(30(33)22-48)64-36-10-8-34-39(40(36)45)43(60)56(25-49-34)28-21-44(63-24-28)14-18-55(19-15-44)38(58)23-54-16-12-26(13-17-54)29-5-4-27(20-32(29)47)50-35-9-11-37(57)51-42(35)59/h4-8,10,20,25-26,28,35,50,52H,3,9,11-19,21,23-24H2,1-2H3,(H,51,57,59). The van der Waals surface area contributed by atoms with Crippen molar-refractivity contribution < 1.29 is 41.1 Å². The topological polar surface area (TPSA) is 208 Å². The van der Waals surface area contributed by atoms with Crippen LogP contribution >= 0.6 is 11.6 Å². The van der Waals surface area contributed by atoms with Gasteiger partial charge in [0.2, 0.25) is 17.7 Å². The van der Waals surface area contributed by atoms with Crippen LogP contribution < -0.4 is 25.7 Å². The second kappa shape index (κ2) is 18.6. The molecule has 1 aromatic heterocycles. The fourth-order valence-corrected chi connectivity index (χ4v) is 10.3. The molecule has 65 heavy (non-hydrogen) atoms. The van der Waals surface area contributed by atoms with Crippen LogP contribution in [0.2, 0.25) is 5.02 Å². The van der Waals surface area contributed by atoms with Crippen LogP contribution in [0.4, 0.5) is 20.2 Å². The summed E-state index contributed by atoms with van der Waals surface area (Å²) in [5, 5.41) is 15.1. The minimum atomic E-state index is -4.07. The molecule has 2 unspecified atom stereocenters. The lowest BCUT2D eigenvalue weighted by Gasteiger charge is -2.40. The van der Waals surface area contributed by atoms with Gasteiger partial charge in [0.25, 0.3) is 5.56 Å². The first-order valence-electron chi connectivity index (χ1n) is 21.5. The van der Waals surface area contributed by atoms with E-state index >= 15 is 8.78 Å². The molecule has 0 bridgehead atoms. The van der Waals surface area contributed by atoms with E-state index in [1.807, 2.05) is 4.90 Å². The quantitative estimate of drug-likeness (QED) is 0.160. The number of hydrogen-bond acceptors (Lipinski definition) is 12. The molecule has 4 aromatic rings. The van der Waals surface area contributed by atoms with Crippen molar-refractivity contribution in [3.8, 4) is 17.6 Å². The molecule has 3 aromatic carbocycles. The largest absolute Gasteiger partial charge is 0.451 e. The number of fused-ring (bicyclic) bond motifs is 1. The Labute approximate surface area is 378 Å². The third-order valence-electron chi connectivity index (χ3n) is 13.0. The van der Waals surface area contributed by atoms with Gasteiger partial charge in [-0.05, 0) is 99.5 Å². The number of nitrogens with zero attached hydrogens (tertiary/aromatic N) is 6. The molecule has 3 amide bonds. The van der Waals surface area contributed by atoms with E-state index in [0.717, 1.165) is 16.4 Å². The van der Waals surface area contributed by atoms with Crippen molar-refractivity contribution in [2.75, 3.05) is 63.0 Å². The van der Waals surface area contributed by atoms with Crippen LogP contribution in [-0.2, 0) is 29.3 Å². The second-order valence-corrected chi connectivity index (χ2v) is 19.1. The summed E-state index contributed by atoms with van der Waals surface area (Å²) < 4.78 is 72.8. The van der Waals surface area contributed by atoms with Crippen LogP contribution in [-0.4, -0.2) is 114 Å². The summed E-state index contributed by atoms with van der Waals surface area (Å²) in [6, 6.07) is 10.6. The van der Waals surface area contributed by atoms with Crippen molar-refractivity contribution in [3.05, 3.63) is 86.9 Å². The molecule has 17 nitrogen and oxygen atoms in total. The van der Waals surface area contributed by atoms with E-state index in [1.54, 1.807) is 25.1 Å². The normalized spacial score (nSPS) is 20.5. The van der Waals surface area contributed by atoms with E-state index in [9.17, 15) is 32.9 Å². The van der Waals surface area contributed by atoms with E-state index in [4.69, 9.17) is 21.1 Å². The van der Waals surface area contributed by atoms with Gasteiger partial charge in [-0.15, -0.1) is 0 Å². The third-order valence-corrected chi connectivity index (χ3v) is 14.9. The highest BCUT2D eigenvalue weighted by Crippen LogP contribution is 2.42. The maximum absolute atomic E-state index is 15.3. The first kappa shape index (κ1) is 45.8. The summed E-state index contributed by atoms with van der Waals surface area (Å²) in [5.74, 6) is -2.81. The van der Waals surface area contributed by atoms with Gasteiger partial charge in [-0.25, -0.2) is 13.8 Å². The summed E-state index contributed by atoms with van der Waals surface area (Å²) >= 11 is 6.76. The number of carbonyl (C=O) groups is 3. The molecular weight excluding hydrogens is 888 g/mol. The van der Waals surface area contributed by atoms with Crippen molar-refractivity contribution in [1.82, 2.24) is 29.0 Å². The molecular formula is C44H48ClF2N9O8S. The summed E-state index contributed by atoms with van der Waals surface area (Å²) in [4.78, 5) is 59.5. The van der Waals surface area contributed by atoms with Crippen molar-refractivity contribution in [2.24, 2.45) is 0 Å². The molecule has 0 saturated carbocycles. The Hall–Kier alpha value is -5.72. The van der Waals surface area contributed by atoms with Gasteiger partial charge >= 0.3 is 10.2 Å². The molecule has 4 aliphatic rings. The number of benzene rings is 3. The molecule has 1 spiro atoms. The molecule has 0 radical (unpaired) electrons. The Bertz CT molecular complexity index is 2750. The third kappa shape index (κ3) is 9.52. The number of ether oxygens (including phenoxy) is 2. The molecule has 4 aliphatic heterocycles. The zero-order valence-corrected chi connectivity index (χ0v) is 37.3. The summed E-state index contributed by atoms with van der Waals surface area (Å²) in [7, 11) is -2.73. The fraction of sp³-hybridized carbons (Fsp3) is 0.455. The summed E-state index contributed by atoms with van der Waals surface area (Å²) in [5.41, 5.74) is -0.375. The lowest BCUT2D eigenvalue weighted by molar-refractivity contribution is -0.137. The molecule has 344 valence electrons. The number of anilines is 2. The van der Waals surface area contributed by atoms with Crippen molar-refractivity contribution in [1.29, 1.82) is 5.26 Å². The van der Waals surface area contributed by atoms with Crippen LogP contribution in [0.3, 0.4) is 0 Å². The van der Waals surface area contributed by atoms with Crippen LogP contribution in [0, 0.1) is 23.0 Å². The van der Waals surface area contributed by atoms with Crippen molar-refractivity contribution in [2.45, 2.75) is 75.5 Å². The summed E-state index contributed by atoms with van der Waals surface area (Å²) in [6.07, 6.45) is 4.98. The minimum Gasteiger partial charge on any atom is -0.451 e. The van der Waals surface area contributed by atoms with Gasteiger partial charge in [-0.2, -0.15) is 18.0 Å². The summed E-state index contributed by atoms with van der Waals surface area (Å²) in [6.45, 7) is 4.44. The number of aromatic nitrogens is 2. The monoisotopic (exact) mass is 935 g/mol. The SMILES string of the molecule is CCN(C)S(=O)(=O)Nc1ccc(F)c(Oc2ccc3ncn(C4COC5(CCN(C(=O)CN6CCC(c7ccc(NC8CCC(=O)NC8=O)cc7F)CC6)CC5)C4)c(=O)c3c2Cl)c1C#N. The van der Waals surface area contributed by atoms with Gasteiger partial charge in [0.1, 0.15) is 29.2 Å². The Morgan fingerprint density at radius 3 is 2.52 bits per heavy atom. The highest BCUT2D eigenvalue weighted by molar-refractivity contribution is 7.90. The number of piperidine rings is 3. The highest BCUT2D eigenvalue weighted by atomic mass is 35.5. The molecule has 8 rings (SSSR count). The Balaban J connectivity index is 0.862. The fourth-order valence-electron chi connectivity index (χ4n) is 9.04. The Morgan fingerprint density at radius 1 is 1.08 bits per heavy atom. The smallest absolute Gasteiger partial charge is 0.301 e. The predicted molar refractivity (Wildman–Crippen MR) is 236 cm³/mol. The number of nitrogens with one attached hydrogen (secondary N) is 3. The van der Waals surface area contributed by atoms with Gasteiger partial charge < -0.3 is 19.7 Å². The molecule has 0 aliphatic carbocycles. The maximum Gasteiger partial charge on any atom is 0.301 e. The number of nitriles is 1. The van der Waals surface area contributed by atoms with Crippen LogP contribution in [0.5, 0.6) is 11.5 Å². The average Bonchev–Trinajstić information content (AvgIpc) is 3.69. The van der Waals surface area contributed by atoms with Gasteiger partial charge in [0.05, 0.1) is 52.7 Å². The van der Waals surface area contributed by atoms with Gasteiger partial charge in [-0.1, -0.05) is 24.6 Å². The second-order valence-electron chi connectivity index (χ2n) is 16.9. The maximum atomic E-state index is 15.3. The zero-order valence-electron chi connectivity index (χ0n) is 35.7. The van der Waals surface area contributed by atoms with Crippen LogP contribution in [0.1, 0.15) is 75.0 Å². The van der Waals surface area contributed by atoms with Gasteiger partial charge in [-0.3, -0.25) is 38.7 Å². The number of carbonyl (C=O) groups excluding carboxylic acids is 3. The van der Waals surface area contributed by atoms with E-state index < -0.39 is 56.5 Å². The Morgan fingerprint density at radius 2 is 1.83 bits per heavy atom. The number of halogens is 3. The van der Waals surface area contributed by atoms with E-state index in [0.29, 0.717) is 76.0 Å². The van der Waals surface area contributed by atoms with Crippen LogP contribution in [0.15, 0.2) is 53.6 Å². The molecule has 3 N–H and O–H groups in total. The van der Waals surface area contributed by atoms with Crippen molar-refractivity contribution >= 4 is 61.8 Å². The van der Waals surface area contributed by atoms with Crippen molar-refractivity contribution in [3.63, 3.8) is 0 Å². The lowest BCUT2D eigenvalue weighted by Crippen LogP contribution is -2.50. The van der Waals surface area contributed by atoms with Gasteiger partial charge in [0, 0.05) is 38.8 Å². The molecule has 5 heterocycles. The van der Waals surface area contributed by atoms with E-state index in [-0.39, 0.29) is 77.0 Å². The highest BCUT2D eigenvalue weighted by Gasteiger charge is 2.44. The first-order chi connectivity index (χ1) is 31.1. The Kier molecular flexibility index (Phi) is 13.1.